The lowest BCUT2D eigenvalue weighted by Crippen LogP contribution is -2.48. The molecule has 1 saturated heterocycles. The maximum atomic E-state index is 12.5. The normalized spacial score (nSPS) is 23.2. The van der Waals surface area contributed by atoms with Gasteiger partial charge in [0.15, 0.2) is 0 Å². The Kier molecular flexibility index (Phi) is 3.49. The minimum atomic E-state index is 0.116. The average Bonchev–Trinajstić information content (AvgIpc) is 2.81. The van der Waals surface area contributed by atoms with Gasteiger partial charge in [0.2, 0.25) is 5.91 Å². The van der Waals surface area contributed by atoms with E-state index in [-0.39, 0.29) is 18.1 Å². The van der Waals surface area contributed by atoms with Crippen LogP contribution in [0.15, 0.2) is 30.5 Å². The summed E-state index contributed by atoms with van der Waals surface area (Å²) in [6.45, 7) is 5.40. The minimum Gasteiger partial charge on any atom is -0.372 e. The van der Waals surface area contributed by atoms with Crippen molar-refractivity contribution in [2.24, 2.45) is 0 Å². The second kappa shape index (κ2) is 5.29. The zero-order chi connectivity index (χ0) is 14.1. The zero-order valence-corrected chi connectivity index (χ0v) is 11.9. The molecule has 2 atom stereocenters. The van der Waals surface area contributed by atoms with E-state index in [0.29, 0.717) is 19.5 Å². The number of aromatic nitrogens is 1. The third-order valence-corrected chi connectivity index (χ3v) is 3.79. The van der Waals surface area contributed by atoms with E-state index < -0.39 is 0 Å². The maximum absolute atomic E-state index is 12.5. The Balaban J connectivity index is 1.75. The van der Waals surface area contributed by atoms with Crippen LogP contribution in [0, 0.1) is 0 Å². The summed E-state index contributed by atoms with van der Waals surface area (Å²) in [6, 6.07) is 8.08. The summed E-state index contributed by atoms with van der Waals surface area (Å²) in [5.41, 5.74) is 2.15. The van der Waals surface area contributed by atoms with Gasteiger partial charge in [0, 0.05) is 30.2 Å². The summed E-state index contributed by atoms with van der Waals surface area (Å²) < 4.78 is 5.67. The number of aromatic amines is 1. The molecule has 4 nitrogen and oxygen atoms in total. The van der Waals surface area contributed by atoms with Gasteiger partial charge in [-0.25, -0.2) is 0 Å². The van der Waals surface area contributed by atoms with Gasteiger partial charge < -0.3 is 14.6 Å². The number of carbonyl (C=O) groups is 1. The largest absolute Gasteiger partial charge is 0.372 e. The van der Waals surface area contributed by atoms with Crippen molar-refractivity contribution in [1.29, 1.82) is 0 Å². The van der Waals surface area contributed by atoms with E-state index in [1.54, 1.807) is 0 Å². The third-order valence-electron chi connectivity index (χ3n) is 3.79. The molecule has 1 aliphatic heterocycles. The van der Waals surface area contributed by atoms with Crippen molar-refractivity contribution in [3.63, 3.8) is 0 Å². The standard InChI is InChI=1S/C16H20N2O2/c1-11-9-18(10-12(2)20-11)16(19)7-13-8-17-15-6-4-3-5-14(13)15/h3-6,8,11-12,17H,7,9-10H2,1-2H3/t11-,12+. The van der Waals surface area contributed by atoms with Gasteiger partial charge >= 0.3 is 0 Å². The molecule has 20 heavy (non-hydrogen) atoms. The highest BCUT2D eigenvalue weighted by Gasteiger charge is 2.26. The summed E-state index contributed by atoms with van der Waals surface area (Å²) in [5.74, 6) is 0.178. The van der Waals surface area contributed by atoms with E-state index in [4.69, 9.17) is 4.74 Å². The first-order chi connectivity index (χ1) is 9.63. The van der Waals surface area contributed by atoms with Crippen LogP contribution in [0.5, 0.6) is 0 Å². The number of hydrogen-bond acceptors (Lipinski definition) is 2. The molecule has 1 aliphatic rings. The Bertz CT molecular complexity index is 610. The van der Waals surface area contributed by atoms with Gasteiger partial charge in [-0.15, -0.1) is 0 Å². The molecule has 0 spiro atoms. The number of benzene rings is 1. The van der Waals surface area contributed by atoms with Crippen LogP contribution in [-0.2, 0) is 16.0 Å². The van der Waals surface area contributed by atoms with Gasteiger partial charge in [-0.3, -0.25) is 4.79 Å². The quantitative estimate of drug-likeness (QED) is 0.912. The third kappa shape index (κ3) is 2.56. The molecule has 0 bridgehead atoms. The first-order valence-electron chi connectivity index (χ1n) is 7.11. The van der Waals surface area contributed by atoms with E-state index in [0.717, 1.165) is 16.5 Å². The lowest BCUT2D eigenvalue weighted by atomic mass is 10.1. The van der Waals surface area contributed by atoms with E-state index in [9.17, 15) is 4.79 Å². The Morgan fingerprint density at radius 3 is 2.75 bits per heavy atom. The van der Waals surface area contributed by atoms with Gasteiger partial charge in [0.25, 0.3) is 0 Å². The number of carbonyl (C=O) groups excluding carboxylic acids is 1. The van der Waals surface area contributed by atoms with Crippen molar-refractivity contribution >= 4 is 16.8 Å². The van der Waals surface area contributed by atoms with E-state index in [2.05, 4.69) is 11.1 Å². The molecule has 4 heteroatoms. The van der Waals surface area contributed by atoms with Gasteiger partial charge in [-0.1, -0.05) is 18.2 Å². The summed E-state index contributed by atoms with van der Waals surface area (Å²) in [6.07, 6.45) is 2.62. The van der Waals surface area contributed by atoms with Gasteiger partial charge in [0.05, 0.1) is 18.6 Å². The molecule has 0 saturated carbocycles. The first-order valence-corrected chi connectivity index (χ1v) is 7.11. The molecule has 1 aromatic carbocycles. The molecule has 2 aromatic rings. The topological polar surface area (TPSA) is 45.3 Å². The van der Waals surface area contributed by atoms with Crippen LogP contribution in [-0.4, -0.2) is 41.1 Å². The fourth-order valence-electron chi connectivity index (χ4n) is 2.93. The second-order valence-electron chi connectivity index (χ2n) is 5.59. The first kappa shape index (κ1) is 13.2. The van der Waals surface area contributed by atoms with Crippen LogP contribution in [0.3, 0.4) is 0 Å². The van der Waals surface area contributed by atoms with E-state index in [1.807, 2.05) is 43.1 Å². The number of nitrogens with zero attached hydrogens (tertiary/aromatic N) is 1. The fourth-order valence-corrected chi connectivity index (χ4v) is 2.93. The van der Waals surface area contributed by atoms with Gasteiger partial charge in [-0.2, -0.15) is 0 Å². The molecular formula is C16H20N2O2. The highest BCUT2D eigenvalue weighted by atomic mass is 16.5. The van der Waals surface area contributed by atoms with Crippen LogP contribution in [0.1, 0.15) is 19.4 Å². The molecule has 106 valence electrons. The molecule has 1 N–H and O–H groups in total. The molecule has 3 rings (SSSR count). The Hall–Kier alpha value is -1.81. The predicted molar refractivity (Wildman–Crippen MR) is 78.6 cm³/mol. The monoisotopic (exact) mass is 272 g/mol. The summed E-state index contributed by atoms with van der Waals surface area (Å²) >= 11 is 0. The molecule has 1 fully saturated rings. The number of H-pyrrole nitrogens is 1. The van der Waals surface area contributed by atoms with Crippen LogP contribution in [0.25, 0.3) is 10.9 Å². The number of rotatable bonds is 2. The van der Waals surface area contributed by atoms with Gasteiger partial charge in [0.1, 0.15) is 0 Å². The Morgan fingerprint density at radius 2 is 2.00 bits per heavy atom. The molecule has 0 aliphatic carbocycles. The lowest BCUT2D eigenvalue weighted by Gasteiger charge is -2.35. The summed E-state index contributed by atoms with van der Waals surface area (Å²) in [7, 11) is 0. The number of ether oxygens (including phenoxy) is 1. The summed E-state index contributed by atoms with van der Waals surface area (Å²) in [5, 5.41) is 1.13. The lowest BCUT2D eigenvalue weighted by molar-refractivity contribution is -0.142. The average molecular weight is 272 g/mol. The SMILES string of the molecule is C[C@@H]1CN(C(=O)Cc2c[nH]c3ccccc23)C[C@H](C)O1. The summed E-state index contributed by atoms with van der Waals surface area (Å²) in [4.78, 5) is 17.6. The van der Waals surface area contributed by atoms with Crippen LogP contribution < -0.4 is 0 Å². The smallest absolute Gasteiger partial charge is 0.227 e. The van der Waals surface area contributed by atoms with Crippen molar-refractivity contribution in [1.82, 2.24) is 9.88 Å². The molecule has 0 radical (unpaired) electrons. The number of morpholine rings is 1. The minimum absolute atomic E-state index is 0.116. The van der Waals surface area contributed by atoms with Crippen LogP contribution in [0.4, 0.5) is 0 Å². The van der Waals surface area contributed by atoms with Crippen molar-refractivity contribution in [2.75, 3.05) is 13.1 Å². The van der Waals surface area contributed by atoms with E-state index >= 15 is 0 Å². The number of fused-ring (bicyclic) bond motifs is 1. The molecule has 1 amide bonds. The number of para-hydroxylation sites is 1. The highest BCUT2D eigenvalue weighted by Crippen LogP contribution is 2.19. The molecular weight excluding hydrogens is 252 g/mol. The Morgan fingerprint density at radius 1 is 1.30 bits per heavy atom. The van der Waals surface area contributed by atoms with Gasteiger partial charge in [-0.05, 0) is 25.5 Å². The molecule has 2 heterocycles. The van der Waals surface area contributed by atoms with Crippen LogP contribution in [0.2, 0.25) is 0 Å². The highest BCUT2D eigenvalue weighted by molar-refractivity contribution is 5.88. The Labute approximate surface area is 118 Å². The fraction of sp³-hybridized carbons (Fsp3) is 0.438. The molecule has 0 unspecified atom stereocenters. The molecule has 1 aromatic heterocycles. The second-order valence-corrected chi connectivity index (χ2v) is 5.59. The predicted octanol–water partition coefficient (Wildman–Crippen LogP) is 2.35. The zero-order valence-electron chi connectivity index (χ0n) is 11.9. The van der Waals surface area contributed by atoms with E-state index in [1.165, 1.54) is 0 Å². The number of hydrogen-bond donors (Lipinski definition) is 1. The maximum Gasteiger partial charge on any atom is 0.227 e. The number of nitrogens with one attached hydrogen (secondary N) is 1. The van der Waals surface area contributed by atoms with Crippen molar-refractivity contribution in [2.45, 2.75) is 32.5 Å². The van der Waals surface area contributed by atoms with Crippen molar-refractivity contribution in [3.8, 4) is 0 Å². The van der Waals surface area contributed by atoms with Crippen LogP contribution >= 0.6 is 0 Å². The van der Waals surface area contributed by atoms with Crippen molar-refractivity contribution in [3.05, 3.63) is 36.0 Å². The number of amides is 1. The van der Waals surface area contributed by atoms with Crippen molar-refractivity contribution < 1.29 is 9.53 Å².